The summed E-state index contributed by atoms with van der Waals surface area (Å²) in [5.74, 6) is 2.83. The van der Waals surface area contributed by atoms with Crippen LogP contribution >= 0.6 is 7.92 Å². The highest BCUT2D eigenvalue weighted by molar-refractivity contribution is 7.80. The maximum absolute atomic E-state index is 4.03. The van der Waals surface area contributed by atoms with Gasteiger partial charge in [-0.1, -0.05) is 144 Å². The quantitative estimate of drug-likeness (QED) is 0.224. The van der Waals surface area contributed by atoms with Crippen molar-refractivity contribution in [2.75, 3.05) is 0 Å². The van der Waals surface area contributed by atoms with E-state index in [9.17, 15) is 0 Å². The first-order valence-electron chi connectivity index (χ1n) is 15.2. The minimum absolute atomic E-state index is 0.452. The Bertz CT molecular complexity index is 1140. The van der Waals surface area contributed by atoms with Crippen LogP contribution in [-0.2, 0) is 0 Å². The third-order valence-electron chi connectivity index (χ3n) is 8.04. The molecule has 3 aromatic carbocycles. The monoisotopic (exact) mass is 540 g/mol. The van der Waals surface area contributed by atoms with Gasteiger partial charge in [-0.25, -0.2) is 0 Å². The number of hydrogen-bond acceptors (Lipinski definition) is 0. The third kappa shape index (κ3) is 6.77. The molecule has 3 rings (SSSR count). The van der Waals surface area contributed by atoms with Crippen LogP contribution in [0.3, 0.4) is 0 Å². The molecule has 0 spiro atoms. The zero-order chi connectivity index (χ0) is 29.2. The molecule has 0 N–H and O–H groups in total. The van der Waals surface area contributed by atoms with Gasteiger partial charge in [-0.2, -0.15) is 0 Å². The van der Waals surface area contributed by atoms with Crippen molar-refractivity contribution >= 4 is 29.9 Å². The van der Waals surface area contributed by atoms with Crippen molar-refractivity contribution in [1.29, 1.82) is 0 Å². The van der Waals surface area contributed by atoms with Gasteiger partial charge in [0.2, 0.25) is 0 Å². The van der Waals surface area contributed by atoms with Crippen LogP contribution in [0, 0.1) is 0 Å². The molecule has 0 amide bonds. The molecule has 0 saturated carbocycles. The average Bonchev–Trinajstić information content (AvgIpc) is 2.88. The van der Waals surface area contributed by atoms with Crippen LogP contribution in [0.15, 0.2) is 55.1 Å². The van der Waals surface area contributed by atoms with E-state index in [1.165, 1.54) is 44.2 Å². The molecular weight excluding hydrogens is 487 g/mol. The lowest BCUT2D eigenvalue weighted by Crippen LogP contribution is -2.32. The van der Waals surface area contributed by atoms with Crippen LogP contribution in [0.5, 0.6) is 0 Å². The molecule has 210 valence electrons. The summed E-state index contributed by atoms with van der Waals surface area (Å²) >= 11 is 0. The van der Waals surface area contributed by atoms with E-state index in [0.717, 1.165) is 0 Å². The second-order valence-electron chi connectivity index (χ2n) is 13.2. The summed E-state index contributed by atoms with van der Waals surface area (Å²) in [5.41, 5.74) is 10.2. The van der Waals surface area contributed by atoms with Crippen molar-refractivity contribution in [3.8, 4) is 0 Å². The molecule has 0 unspecified atom stereocenters. The highest BCUT2D eigenvalue weighted by atomic mass is 31.1. The fourth-order valence-electron chi connectivity index (χ4n) is 5.48. The van der Waals surface area contributed by atoms with Crippen molar-refractivity contribution < 1.29 is 0 Å². The zero-order valence-electron chi connectivity index (χ0n) is 26.8. The first-order valence-corrected chi connectivity index (χ1v) is 16.5. The summed E-state index contributed by atoms with van der Waals surface area (Å²) in [6, 6.07) is 19.4. The zero-order valence-corrected chi connectivity index (χ0v) is 27.7. The molecule has 39 heavy (non-hydrogen) atoms. The maximum atomic E-state index is 4.03. The second-order valence-corrected chi connectivity index (χ2v) is 15.2. The minimum Gasteiger partial charge on any atom is -0.0985 e. The third-order valence-corrected chi connectivity index (χ3v) is 10.8. The van der Waals surface area contributed by atoms with Gasteiger partial charge in [-0.15, -0.1) is 0 Å². The van der Waals surface area contributed by atoms with Crippen LogP contribution in [-0.4, -0.2) is 0 Å². The number of rotatable bonds is 10. The summed E-state index contributed by atoms with van der Waals surface area (Å²) in [6.07, 6.45) is 1.96. The van der Waals surface area contributed by atoms with Crippen molar-refractivity contribution in [3.05, 3.63) is 94.1 Å². The van der Waals surface area contributed by atoms with Gasteiger partial charge in [-0.05, 0) is 98.3 Å². The topological polar surface area (TPSA) is 0 Å². The van der Waals surface area contributed by atoms with E-state index >= 15 is 0 Å². The Kier molecular flexibility index (Phi) is 10.5. The van der Waals surface area contributed by atoms with E-state index in [2.05, 4.69) is 138 Å². The van der Waals surface area contributed by atoms with Gasteiger partial charge in [-0.3, -0.25) is 0 Å². The highest BCUT2D eigenvalue weighted by Gasteiger charge is 2.31. The predicted molar refractivity (Wildman–Crippen MR) is 180 cm³/mol. The van der Waals surface area contributed by atoms with Crippen LogP contribution < -0.4 is 15.9 Å². The standard InChI is InChI=1S/C38H53P/c1-14-29-15-17-32(18-16-29)39(37-33(25(6)7)19-30(23(2)3)20-34(37)26(8)9)38-35(27(10)11)21-31(24(4)5)22-36(38)28(12)13/h14-28H,1H2,2-13H3. The van der Waals surface area contributed by atoms with Gasteiger partial charge in [0, 0.05) is 0 Å². The van der Waals surface area contributed by atoms with Gasteiger partial charge in [0.05, 0.1) is 0 Å². The molecule has 0 aromatic heterocycles. The van der Waals surface area contributed by atoms with E-state index in [1.807, 2.05) is 6.08 Å². The summed E-state index contributed by atoms with van der Waals surface area (Å²) in [7, 11) is -0.774. The predicted octanol–water partition coefficient (Wildman–Crippen LogP) is 10.8. The fraction of sp³-hybridized carbons (Fsp3) is 0.474. The molecular formula is C38H53P. The normalized spacial score (nSPS) is 12.3. The Morgan fingerprint density at radius 3 is 1.03 bits per heavy atom. The van der Waals surface area contributed by atoms with Crippen LogP contribution in [0.4, 0.5) is 0 Å². The molecule has 0 atom stereocenters. The molecule has 3 aromatic rings. The average molecular weight is 541 g/mol. The van der Waals surface area contributed by atoms with Gasteiger partial charge < -0.3 is 0 Å². The van der Waals surface area contributed by atoms with E-state index in [0.29, 0.717) is 35.5 Å². The molecule has 0 aliphatic rings. The first-order chi connectivity index (χ1) is 18.3. The lowest BCUT2D eigenvalue weighted by molar-refractivity contribution is 0.811. The Labute approximate surface area is 242 Å². The molecule has 0 radical (unpaired) electrons. The second kappa shape index (κ2) is 13.0. The van der Waals surface area contributed by atoms with E-state index in [-0.39, 0.29) is 0 Å². The molecule has 0 aliphatic carbocycles. The molecule has 0 bridgehead atoms. The summed E-state index contributed by atoms with van der Waals surface area (Å²) in [4.78, 5) is 0. The lowest BCUT2D eigenvalue weighted by Gasteiger charge is -2.34. The van der Waals surface area contributed by atoms with Gasteiger partial charge >= 0.3 is 0 Å². The van der Waals surface area contributed by atoms with Crippen molar-refractivity contribution in [2.24, 2.45) is 0 Å². The summed E-state index contributed by atoms with van der Waals surface area (Å²) < 4.78 is 0. The first kappa shape index (κ1) is 31.4. The fourth-order valence-corrected chi connectivity index (χ4v) is 8.99. The largest absolute Gasteiger partial charge is 0.0985 e. The van der Waals surface area contributed by atoms with Crippen LogP contribution in [0.1, 0.15) is 158 Å². The molecule has 0 fully saturated rings. The van der Waals surface area contributed by atoms with Crippen LogP contribution in [0.2, 0.25) is 0 Å². The van der Waals surface area contributed by atoms with Gasteiger partial charge in [0.15, 0.2) is 0 Å². The molecule has 0 saturated heterocycles. The number of benzene rings is 3. The SMILES string of the molecule is C=Cc1ccc(P(c2c(C(C)C)cc(C(C)C)cc2C(C)C)c2c(C(C)C)cc(C(C)C)cc2C(C)C)cc1. The molecule has 0 nitrogen and oxygen atoms in total. The van der Waals surface area contributed by atoms with Crippen LogP contribution in [0.25, 0.3) is 6.08 Å². The molecule has 0 aliphatic heterocycles. The summed E-state index contributed by atoms with van der Waals surface area (Å²) in [6.45, 7) is 32.4. The van der Waals surface area contributed by atoms with Crippen molar-refractivity contribution in [3.63, 3.8) is 0 Å². The lowest BCUT2D eigenvalue weighted by atomic mass is 9.89. The Morgan fingerprint density at radius 1 is 0.487 bits per heavy atom. The van der Waals surface area contributed by atoms with E-state index in [1.54, 1.807) is 10.6 Å². The van der Waals surface area contributed by atoms with E-state index in [4.69, 9.17) is 0 Å². The Balaban J connectivity index is 2.60. The maximum Gasteiger partial charge on any atom is -0.00814 e. The van der Waals surface area contributed by atoms with E-state index < -0.39 is 7.92 Å². The minimum atomic E-state index is -0.774. The summed E-state index contributed by atoms with van der Waals surface area (Å²) in [5, 5.41) is 4.62. The smallest absolute Gasteiger partial charge is 0.00814 e. The van der Waals surface area contributed by atoms with Gasteiger partial charge in [0.1, 0.15) is 0 Å². The molecule has 0 heterocycles. The van der Waals surface area contributed by atoms with Crippen molar-refractivity contribution in [2.45, 2.75) is 119 Å². The molecule has 1 heteroatoms. The van der Waals surface area contributed by atoms with Gasteiger partial charge in [0.25, 0.3) is 0 Å². The number of hydrogen-bond donors (Lipinski definition) is 0. The Morgan fingerprint density at radius 2 is 0.795 bits per heavy atom. The van der Waals surface area contributed by atoms with Crippen molar-refractivity contribution in [1.82, 2.24) is 0 Å². The highest BCUT2D eigenvalue weighted by Crippen LogP contribution is 2.45. The Hall–Kier alpha value is -2.17.